The average molecular weight is 297 g/mol. The largest absolute Gasteiger partial charge is 0.281 e. The molecule has 0 heterocycles. The lowest BCUT2D eigenvalue weighted by Gasteiger charge is -1.97. The van der Waals surface area contributed by atoms with Gasteiger partial charge in [0.05, 0.1) is 0 Å². The summed E-state index contributed by atoms with van der Waals surface area (Å²) in [6.45, 7) is 2.15. The summed E-state index contributed by atoms with van der Waals surface area (Å²) in [5.74, 6) is 0. The second kappa shape index (κ2) is 16.2. The molecule has 0 saturated carbocycles. The highest BCUT2D eigenvalue weighted by Crippen LogP contribution is 2.08. The smallest absolute Gasteiger partial charge is 0.221 e. The molecule has 0 aliphatic carbocycles. The van der Waals surface area contributed by atoms with Crippen molar-refractivity contribution < 1.29 is 4.79 Å². The van der Waals surface area contributed by atoms with E-state index in [0.29, 0.717) is 6.42 Å². The van der Waals surface area contributed by atoms with E-state index in [4.69, 9.17) is 11.6 Å². The Labute approximate surface area is 129 Å². The minimum atomic E-state index is -0.203. The molecule has 0 aliphatic rings. The lowest BCUT2D eigenvalue weighted by atomic mass is 10.1. The van der Waals surface area contributed by atoms with Gasteiger partial charge in [-0.1, -0.05) is 62.6 Å². The third-order valence-corrected chi connectivity index (χ3v) is 3.21. The van der Waals surface area contributed by atoms with Crippen molar-refractivity contribution in [3.8, 4) is 0 Å². The first-order chi connectivity index (χ1) is 9.77. The van der Waals surface area contributed by atoms with Crippen LogP contribution in [0.4, 0.5) is 0 Å². The second-order valence-electron chi connectivity index (χ2n) is 4.96. The van der Waals surface area contributed by atoms with Gasteiger partial charge in [0.1, 0.15) is 0 Å². The lowest BCUT2D eigenvalue weighted by Crippen LogP contribution is -1.86. The van der Waals surface area contributed by atoms with Gasteiger partial charge in [-0.05, 0) is 50.1 Å². The van der Waals surface area contributed by atoms with E-state index in [-0.39, 0.29) is 5.24 Å². The molecule has 0 N–H and O–H groups in total. The molecule has 0 aromatic heterocycles. The Hall–Kier alpha value is -0.820. The van der Waals surface area contributed by atoms with Crippen LogP contribution in [0, 0.1) is 0 Å². The van der Waals surface area contributed by atoms with Gasteiger partial charge in [-0.2, -0.15) is 0 Å². The third-order valence-electron chi connectivity index (χ3n) is 3.02. The van der Waals surface area contributed by atoms with Gasteiger partial charge in [-0.3, -0.25) is 4.79 Å². The Bertz CT molecular complexity index is 303. The van der Waals surface area contributed by atoms with Crippen LogP contribution in [0.2, 0.25) is 0 Å². The van der Waals surface area contributed by atoms with Gasteiger partial charge in [0.25, 0.3) is 0 Å². The third kappa shape index (κ3) is 17.2. The minimum absolute atomic E-state index is 0.203. The molecule has 0 spiro atoms. The molecule has 20 heavy (non-hydrogen) atoms. The Morgan fingerprint density at radius 2 is 1.35 bits per heavy atom. The first-order valence-corrected chi connectivity index (χ1v) is 8.28. The fourth-order valence-corrected chi connectivity index (χ4v) is 2.02. The van der Waals surface area contributed by atoms with Crippen molar-refractivity contribution in [1.29, 1.82) is 0 Å². The van der Waals surface area contributed by atoms with E-state index in [1.807, 2.05) is 0 Å². The summed E-state index contributed by atoms with van der Waals surface area (Å²) in [5.41, 5.74) is 0. The summed E-state index contributed by atoms with van der Waals surface area (Å²) in [6, 6.07) is 0. The van der Waals surface area contributed by atoms with Crippen molar-refractivity contribution in [3.05, 3.63) is 36.5 Å². The number of allylic oxidation sites excluding steroid dienone is 6. The fourth-order valence-electron chi connectivity index (χ4n) is 1.88. The van der Waals surface area contributed by atoms with Crippen molar-refractivity contribution in [2.45, 2.75) is 71.1 Å². The summed E-state index contributed by atoms with van der Waals surface area (Å²) in [6.07, 6.45) is 24.0. The zero-order valence-corrected chi connectivity index (χ0v) is 13.6. The van der Waals surface area contributed by atoms with Crippen LogP contribution in [0.25, 0.3) is 0 Å². The van der Waals surface area contributed by atoms with E-state index in [1.54, 1.807) is 0 Å². The van der Waals surface area contributed by atoms with E-state index >= 15 is 0 Å². The zero-order valence-electron chi connectivity index (χ0n) is 12.8. The quantitative estimate of drug-likeness (QED) is 0.220. The van der Waals surface area contributed by atoms with Crippen LogP contribution in [0.1, 0.15) is 71.1 Å². The van der Waals surface area contributed by atoms with Gasteiger partial charge >= 0.3 is 0 Å². The van der Waals surface area contributed by atoms with Crippen LogP contribution in [-0.2, 0) is 4.79 Å². The van der Waals surface area contributed by atoms with Gasteiger partial charge in [0.2, 0.25) is 5.24 Å². The average Bonchev–Trinajstić information content (AvgIpc) is 2.43. The molecule has 0 bridgehead atoms. The molecular formula is C18H29ClO. The van der Waals surface area contributed by atoms with E-state index in [1.165, 1.54) is 19.3 Å². The Balaban J connectivity index is 3.23. The van der Waals surface area contributed by atoms with Crippen LogP contribution in [0.3, 0.4) is 0 Å². The molecule has 0 aromatic rings. The zero-order chi connectivity index (χ0) is 14.9. The van der Waals surface area contributed by atoms with E-state index in [2.05, 4.69) is 43.4 Å². The van der Waals surface area contributed by atoms with Crippen molar-refractivity contribution >= 4 is 16.8 Å². The van der Waals surface area contributed by atoms with Gasteiger partial charge in [0.15, 0.2) is 0 Å². The van der Waals surface area contributed by atoms with Crippen molar-refractivity contribution in [1.82, 2.24) is 0 Å². The summed E-state index contributed by atoms with van der Waals surface area (Å²) >= 11 is 5.28. The molecule has 1 nitrogen and oxygen atoms in total. The predicted molar refractivity (Wildman–Crippen MR) is 90.1 cm³/mol. The monoisotopic (exact) mass is 296 g/mol. The van der Waals surface area contributed by atoms with Crippen LogP contribution in [0.15, 0.2) is 36.5 Å². The maximum atomic E-state index is 10.5. The molecule has 0 atom stereocenters. The highest BCUT2D eigenvalue weighted by molar-refractivity contribution is 6.63. The Morgan fingerprint density at radius 1 is 0.800 bits per heavy atom. The predicted octanol–water partition coefficient (Wildman–Crippen LogP) is 6.34. The van der Waals surface area contributed by atoms with E-state index in [9.17, 15) is 4.79 Å². The molecule has 0 aliphatic heterocycles. The molecule has 0 aromatic carbocycles. The van der Waals surface area contributed by atoms with Crippen molar-refractivity contribution in [3.63, 3.8) is 0 Å². The number of carbonyl (C=O) groups excluding carboxylic acids is 1. The standard InChI is InChI=1S/C18H29ClO/c1-2-3-4-5-6-7-8-9-10-11-12-13-14-15-16-17-18(19)20/h3-4,6-7,9-10H,2,5,8,11-17H2,1H3/b4-3+,7-6-,10-9-. The number of rotatable bonds is 13. The molecule has 114 valence electrons. The summed E-state index contributed by atoms with van der Waals surface area (Å²) < 4.78 is 0. The molecule has 0 saturated heterocycles. The topological polar surface area (TPSA) is 17.1 Å². The first kappa shape index (κ1) is 19.2. The van der Waals surface area contributed by atoms with Crippen LogP contribution in [-0.4, -0.2) is 5.24 Å². The SMILES string of the molecule is CC/C=C/C/C=C\C/C=C\CCCCCCCC(=O)Cl. The molecule has 0 radical (unpaired) electrons. The summed E-state index contributed by atoms with van der Waals surface area (Å²) in [7, 11) is 0. The summed E-state index contributed by atoms with van der Waals surface area (Å²) in [5, 5.41) is -0.203. The Morgan fingerprint density at radius 3 is 2.00 bits per heavy atom. The maximum absolute atomic E-state index is 10.5. The van der Waals surface area contributed by atoms with E-state index < -0.39 is 0 Å². The first-order valence-electron chi connectivity index (χ1n) is 7.90. The molecule has 0 rings (SSSR count). The molecular weight excluding hydrogens is 268 g/mol. The van der Waals surface area contributed by atoms with Crippen LogP contribution >= 0.6 is 11.6 Å². The van der Waals surface area contributed by atoms with Crippen molar-refractivity contribution in [2.24, 2.45) is 0 Å². The van der Waals surface area contributed by atoms with Crippen molar-refractivity contribution in [2.75, 3.05) is 0 Å². The number of hydrogen-bond donors (Lipinski definition) is 0. The number of carbonyl (C=O) groups is 1. The van der Waals surface area contributed by atoms with E-state index in [0.717, 1.165) is 38.5 Å². The minimum Gasteiger partial charge on any atom is -0.281 e. The molecule has 0 amide bonds. The molecule has 2 heteroatoms. The highest BCUT2D eigenvalue weighted by atomic mass is 35.5. The number of unbranched alkanes of at least 4 members (excludes halogenated alkanes) is 5. The number of hydrogen-bond acceptors (Lipinski definition) is 1. The maximum Gasteiger partial charge on any atom is 0.221 e. The molecule has 0 unspecified atom stereocenters. The molecule has 0 fully saturated rings. The van der Waals surface area contributed by atoms with Gasteiger partial charge in [-0.15, -0.1) is 0 Å². The fraction of sp³-hybridized carbons (Fsp3) is 0.611. The highest BCUT2D eigenvalue weighted by Gasteiger charge is 1.95. The van der Waals surface area contributed by atoms with Crippen LogP contribution in [0.5, 0.6) is 0 Å². The van der Waals surface area contributed by atoms with Crippen LogP contribution < -0.4 is 0 Å². The van der Waals surface area contributed by atoms with Gasteiger partial charge in [-0.25, -0.2) is 0 Å². The lowest BCUT2D eigenvalue weighted by molar-refractivity contribution is -0.111. The second-order valence-corrected chi connectivity index (χ2v) is 5.38. The summed E-state index contributed by atoms with van der Waals surface area (Å²) in [4.78, 5) is 10.5. The number of halogens is 1. The normalized spacial score (nSPS) is 12.1. The van der Waals surface area contributed by atoms with Gasteiger partial charge in [0, 0.05) is 6.42 Å². The van der Waals surface area contributed by atoms with Gasteiger partial charge < -0.3 is 0 Å². The Kier molecular flexibility index (Phi) is 15.6.